The highest BCUT2D eigenvalue weighted by atomic mass is 16.4. The lowest BCUT2D eigenvalue weighted by atomic mass is 9.77. The van der Waals surface area contributed by atoms with E-state index in [0.29, 0.717) is 5.82 Å². The van der Waals surface area contributed by atoms with E-state index < -0.39 is 11.5 Å². The summed E-state index contributed by atoms with van der Waals surface area (Å²) in [5.74, 6) is -0.314. The van der Waals surface area contributed by atoms with Crippen molar-refractivity contribution in [2.45, 2.75) is 12.1 Å². The number of benzene rings is 3. The number of carbonyl (C=O) groups is 1. The summed E-state index contributed by atoms with van der Waals surface area (Å²) in [5, 5.41) is 17.1. The zero-order valence-electron chi connectivity index (χ0n) is 15.8. The summed E-state index contributed by atoms with van der Waals surface area (Å²) in [6.45, 7) is -0.218. The Balaban J connectivity index is 1.96. The second-order valence-electron chi connectivity index (χ2n) is 6.74. The molecule has 0 amide bonds. The van der Waals surface area contributed by atoms with Gasteiger partial charge in [-0.25, -0.2) is 4.68 Å². The molecule has 1 aromatic heterocycles. The van der Waals surface area contributed by atoms with Crippen molar-refractivity contribution in [3.8, 4) is 0 Å². The first-order chi connectivity index (χ1) is 14.2. The Kier molecular flexibility index (Phi) is 5.12. The monoisotopic (exact) mass is 383 g/mol. The second-order valence-corrected chi connectivity index (χ2v) is 6.74. The Labute approximate surface area is 169 Å². The molecule has 0 saturated heterocycles. The van der Waals surface area contributed by atoms with E-state index in [1.54, 1.807) is 12.3 Å². The lowest BCUT2D eigenvalue weighted by Gasteiger charge is -2.37. The fraction of sp³-hybridized carbons (Fsp3) is 0.0833. The van der Waals surface area contributed by atoms with E-state index in [-0.39, 0.29) is 6.54 Å². The van der Waals surface area contributed by atoms with Crippen molar-refractivity contribution >= 4 is 11.8 Å². The minimum absolute atomic E-state index is 0.218. The SMILES string of the molecule is O=C(O)Cn1nccc1NC(c1ccccc1)(c1ccccc1)c1ccccc1. The number of carboxylic acids is 1. The minimum atomic E-state index is -0.943. The molecule has 0 aliphatic heterocycles. The van der Waals surface area contributed by atoms with Gasteiger partial charge in [-0.3, -0.25) is 4.79 Å². The van der Waals surface area contributed by atoms with E-state index in [9.17, 15) is 9.90 Å². The molecule has 5 nitrogen and oxygen atoms in total. The van der Waals surface area contributed by atoms with Gasteiger partial charge < -0.3 is 10.4 Å². The van der Waals surface area contributed by atoms with Crippen LogP contribution in [-0.2, 0) is 16.9 Å². The molecule has 3 aromatic carbocycles. The number of aliphatic carboxylic acids is 1. The smallest absolute Gasteiger partial charge is 0.325 e. The van der Waals surface area contributed by atoms with Crippen molar-refractivity contribution in [2.24, 2.45) is 0 Å². The van der Waals surface area contributed by atoms with Gasteiger partial charge in [0.1, 0.15) is 17.9 Å². The number of nitrogens with one attached hydrogen (secondary N) is 1. The van der Waals surface area contributed by atoms with Gasteiger partial charge in [-0.05, 0) is 16.7 Å². The fourth-order valence-corrected chi connectivity index (χ4v) is 3.67. The highest BCUT2D eigenvalue weighted by Crippen LogP contribution is 2.39. The summed E-state index contributed by atoms with van der Waals surface area (Å²) in [5.41, 5.74) is 2.40. The molecule has 1 heterocycles. The predicted octanol–water partition coefficient (Wildman–Crippen LogP) is 4.37. The molecule has 29 heavy (non-hydrogen) atoms. The summed E-state index contributed by atoms with van der Waals surface area (Å²) in [6.07, 6.45) is 1.61. The topological polar surface area (TPSA) is 67.1 Å². The van der Waals surface area contributed by atoms with E-state index in [4.69, 9.17) is 0 Å². The first-order valence-corrected chi connectivity index (χ1v) is 9.38. The van der Waals surface area contributed by atoms with E-state index in [0.717, 1.165) is 16.7 Å². The van der Waals surface area contributed by atoms with Crippen molar-refractivity contribution in [3.05, 3.63) is 120 Å². The molecule has 0 atom stereocenters. The standard InChI is InChI=1S/C24H21N3O2/c28-23(29)18-27-22(16-17-25-27)26-24(19-10-4-1-5-11-19,20-12-6-2-7-13-20)21-14-8-3-9-15-21/h1-17,26H,18H2,(H,28,29). The number of rotatable bonds is 7. The highest BCUT2D eigenvalue weighted by Gasteiger charge is 2.37. The Morgan fingerprint density at radius 3 is 1.66 bits per heavy atom. The van der Waals surface area contributed by atoms with E-state index in [1.165, 1.54) is 4.68 Å². The van der Waals surface area contributed by atoms with Crippen molar-refractivity contribution < 1.29 is 9.90 Å². The van der Waals surface area contributed by atoms with Crippen LogP contribution < -0.4 is 5.32 Å². The molecule has 0 unspecified atom stereocenters. The molecule has 0 aliphatic carbocycles. The largest absolute Gasteiger partial charge is 0.480 e. The maximum absolute atomic E-state index is 11.3. The molecule has 0 fully saturated rings. The number of anilines is 1. The summed E-state index contributed by atoms with van der Waals surface area (Å²) >= 11 is 0. The van der Waals surface area contributed by atoms with Crippen LogP contribution in [0.2, 0.25) is 0 Å². The van der Waals surface area contributed by atoms with Crippen LogP contribution in [0.15, 0.2) is 103 Å². The first kappa shape index (κ1) is 18.5. The third-order valence-corrected chi connectivity index (χ3v) is 4.94. The third-order valence-electron chi connectivity index (χ3n) is 4.94. The second kappa shape index (κ2) is 8.02. The number of aromatic nitrogens is 2. The molecule has 4 aromatic rings. The van der Waals surface area contributed by atoms with Gasteiger partial charge in [-0.2, -0.15) is 5.10 Å². The van der Waals surface area contributed by atoms with Crippen LogP contribution >= 0.6 is 0 Å². The van der Waals surface area contributed by atoms with Gasteiger partial charge in [0.25, 0.3) is 0 Å². The van der Waals surface area contributed by atoms with Gasteiger partial charge >= 0.3 is 5.97 Å². The maximum Gasteiger partial charge on any atom is 0.325 e. The van der Waals surface area contributed by atoms with Crippen molar-refractivity contribution in [1.29, 1.82) is 0 Å². The lowest BCUT2D eigenvalue weighted by Crippen LogP contribution is -2.39. The maximum atomic E-state index is 11.3. The molecule has 144 valence electrons. The van der Waals surface area contributed by atoms with Gasteiger partial charge in [0.2, 0.25) is 0 Å². The number of nitrogens with zero attached hydrogens (tertiary/aromatic N) is 2. The Bertz CT molecular complexity index is 980. The van der Waals surface area contributed by atoms with E-state index >= 15 is 0 Å². The summed E-state index contributed by atoms with van der Waals surface area (Å²) < 4.78 is 1.46. The molecule has 4 rings (SSSR count). The molecule has 0 saturated carbocycles. The molecular formula is C24H21N3O2. The summed E-state index contributed by atoms with van der Waals surface area (Å²) in [7, 11) is 0. The highest BCUT2D eigenvalue weighted by molar-refractivity contribution is 5.67. The molecule has 0 radical (unpaired) electrons. The Hall–Kier alpha value is -3.86. The molecule has 5 heteroatoms. The molecule has 2 N–H and O–H groups in total. The lowest BCUT2D eigenvalue weighted by molar-refractivity contribution is -0.137. The Morgan fingerprint density at radius 2 is 1.24 bits per heavy atom. The fourth-order valence-electron chi connectivity index (χ4n) is 3.67. The zero-order valence-corrected chi connectivity index (χ0v) is 15.8. The van der Waals surface area contributed by atoms with Crippen LogP contribution in [0, 0.1) is 0 Å². The van der Waals surface area contributed by atoms with Crippen LogP contribution in [-0.4, -0.2) is 20.9 Å². The third kappa shape index (κ3) is 3.62. The van der Waals surface area contributed by atoms with Gasteiger partial charge in [-0.1, -0.05) is 91.0 Å². The molecular weight excluding hydrogens is 362 g/mol. The Morgan fingerprint density at radius 1 is 0.793 bits per heavy atom. The molecule has 0 spiro atoms. The zero-order chi connectivity index (χ0) is 20.1. The molecule has 0 aliphatic rings. The van der Waals surface area contributed by atoms with Crippen molar-refractivity contribution in [1.82, 2.24) is 9.78 Å². The van der Waals surface area contributed by atoms with Crippen LogP contribution in [0.4, 0.5) is 5.82 Å². The van der Waals surface area contributed by atoms with Crippen molar-refractivity contribution in [3.63, 3.8) is 0 Å². The number of carboxylic acid groups (broad SMARTS) is 1. The van der Waals surface area contributed by atoms with Gasteiger partial charge in [0, 0.05) is 6.07 Å². The van der Waals surface area contributed by atoms with E-state index in [1.807, 2.05) is 54.6 Å². The number of hydrogen-bond donors (Lipinski definition) is 2. The van der Waals surface area contributed by atoms with Crippen LogP contribution in [0.3, 0.4) is 0 Å². The average molecular weight is 383 g/mol. The van der Waals surface area contributed by atoms with Gasteiger partial charge in [0.15, 0.2) is 0 Å². The quantitative estimate of drug-likeness (QED) is 0.465. The summed E-state index contributed by atoms with van der Waals surface area (Å²) in [6, 6.07) is 32.2. The minimum Gasteiger partial charge on any atom is -0.480 e. The van der Waals surface area contributed by atoms with Crippen LogP contribution in [0.1, 0.15) is 16.7 Å². The first-order valence-electron chi connectivity index (χ1n) is 9.38. The van der Waals surface area contributed by atoms with Gasteiger partial charge in [-0.15, -0.1) is 0 Å². The number of hydrogen-bond acceptors (Lipinski definition) is 3. The van der Waals surface area contributed by atoms with Crippen LogP contribution in [0.25, 0.3) is 0 Å². The van der Waals surface area contributed by atoms with Crippen LogP contribution in [0.5, 0.6) is 0 Å². The van der Waals surface area contributed by atoms with Crippen molar-refractivity contribution in [2.75, 3.05) is 5.32 Å². The average Bonchev–Trinajstić information content (AvgIpc) is 3.19. The molecule has 0 bridgehead atoms. The predicted molar refractivity (Wildman–Crippen MR) is 113 cm³/mol. The normalized spacial score (nSPS) is 11.2. The van der Waals surface area contributed by atoms with E-state index in [2.05, 4.69) is 46.8 Å². The summed E-state index contributed by atoms with van der Waals surface area (Å²) in [4.78, 5) is 11.3. The van der Waals surface area contributed by atoms with Gasteiger partial charge in [0.05, 0.1) is 6.20 Å².